The van der Waals surface area contributed by atoms with Crippen molar-refractivity contribution in [1.82, 2.24) is 0 Å². The summed E-state index contributed by atoms with van der Waals surface area (Å²) < 4.78 is 50.2. The molecular weight excluding hydrogens is 339 g/mol. The second-order valence-corrected chi connectivity index (χ2v) is 5.00. The number of methoxy groups -OCH3 is 1. The van der Waals surface area contributed by atoms with Crippen LogP contribution in [0.15, 0.2) is 30.3 Å². The van der Waals surface area contributed by atoms with E-state index in [1.54, 1.807) is 0 Å². The molecule has 0 bridgehead atoms. The van der Waals surface area contributed by atoms with Crippen LogP contribution in [0.4, 0.5) is 18.9 Å². The molecule has 25 heavy (non-hydrogen) atoms. The van der Waals surface area contributed by atoms with Crippen LogP contribution in [-0.4, -0.2) is 25.4 Å². The van der Waals surface area contributed by atoms with Gasteiger partial charge in [0, 0.05) is 5.56 Å². The first-order valence-corrected chi connectivity index (χ1v) is 7.11. The predicted molar refractivity (Wildman–Crippen MR) is 83.4 cm³/mol. The van der Waals surface area contributed by atoms with Crippen molar-refractivity contribution in [2.75, 3.05) is 12.4 Å². The molecule has 1 amide bonds. The van der Waals surface area contributed by atoms with Gasteiger partial charge in [0.05, 0.1) is 12.8 Å². The van der Waals surface area contributed by atoms with Crippen LogP contribution in [-0.2, 0) is 4.79 Å². The average Bonchev–Trinajstić information content (AvgIpc) is 2.61. The summed E-state index contributed by atoms with van der Waals surface area (Å²) in [7, 11) is 1.38. The molecule has 0 spiro atoms. The molecule has 132 valence electrons. The summed E-state index contributed by atoms with van der Waals surface area (Å²) in [6.07, 6.45) is -0.545. The summed E-state index contributed by atoms with van der Waals surface area (Å²) in [5.74, 6) is -4.96. The maximum Gasteiger partial charge on any atom is 0.265 e. The number of nitrogens with one attached hydrogen (secondary N) is 1. The molecule has 2 aromatic rings. The second kappa shape index (κ2) is 7.69. The lowest BCUT2D eigenvalue weighted by Crippen LogP contribution is -2.30. The van der Waals surface area contributed by atoms with Crippen LogP contribution in [0.2, 0.25) is 0 Å². The maximum atomic E-state index is 13.6. The van der Waals surface area contributed by atoms with Crippen molar-refractivity contribution in [2.45, 2.75) is 13.0 Å². The Hall–Kier alpha value is -3.03. The molecule has 0 aromatic heterocycles. The van der Waals surface area contributed by atoms with Crippen molar-refractivity contribution in [3.05, 3.63) is 53.3 Å². The number of aldehydes is 1. The van der Waals surface area contributed by atoms with Crippen molar-refractivity contribution in [1.29, 1.82) is 0 Å². The number of rotatable bonds is 6. The van der Waals surface area contributed by atoms with E-state index in [1.807, 2.05) is 0 Å². The van der Waals surface area contributed by atoms with Crippen LogP contribution in [0.1, 0.15) is 17.3 Å². The van der Waals surface area contributed by atoms with Crippen molar-refractivity contribution in [2.24, 2.45) is 0 Å². The Balaban J connectivity index is 2.16. The lowest BCUT2D eigenvalue weighted by atomic mass is 10.2. The highest BCUT2D eigenvalue weighted by atomic mass is 19.2. The molecular formula is C17H14F3NO4. The van der Waals surface area contributed by atoms with Crippen LogP contribution in [0, 0.1) is 17.5 Å². The maximum absolute atomic E-state index is 13.6. The number of hydrogen-bond donors (Lipinski definition) is 1. The molecule has 1 atom stereocenters. The summed E-state index contributed by atoms with van der Waals surface area (Å²) in [4.78, 5) is 22.9. The van der Waals surface area contributed by atoms with Crippen LogP contribution in [0.3, 0.4) is 0 Å². The zero-order valence-corrected chi connectivity index (χ0v) is 13.3. The first-order valence-electron chi connectivity index (χ1n) is 7.11. The van der Waals surface area contributed by atoms with Crippen LogP contribution in [0.5, 0.6) is 11.5 Å². The van der Waals surface area contributed by atoms with Gasteiger partial charge in [-0.1, -0.05) is 0 Å². The fraction of sp³-hybridized carbons (Fsp3) is 0.176. The van der Waals surface area contributed by atoms with Crippen molar-refractivity contribution in [3.63, 3.8) is 0 Å². The highest BCUT2D eigenvalue weighted by molar-refractivity contribution is 5.94. The van der Waals surface area contributed by atoms with E-state index in [0.717, 1.165) is 6.07 Å². The van der Waals surface area contributed by atoms with E-state index >= 15 is 0 Å². The van der Waals surface area contributed by atoms with Crippen molar-refractivity contribution < 1.29 is 32.2 Å². The SMILES string of the molecule is COc1ccc(C=O)cc1O[C@@H](C)C(=O)Nc1ccc(F)c(F)c1F. The summed E-state index contributed by atoms with van der Waals surface area (Å²) in [5.41, 5.74) is -0.219. The fourth-order valence-electron chi connectivity index (χ4n) is 1.96. The molecule has 0 aliphatic rings. The van der Waals surface area contributed by atoms with Gasteiger partial charge in [0.25, 0.3) is 5.91 Å². The molecule has 1 N–H and O–H groups in total. The quantitative estimate of drug-likeness (QED) is 0.639. The van der Waals surface area contributed by atoms with E-state index in [4.69, 9.17) is 9.47 Å². The highest BCUT2D eigenvalue weighted by Gasteiger charge is 2.21. The van der Waals surface area contributed by atoms with E-state index < -0.39 is 35.2 Å². The topological polar surface area (TPSA) is 64.6 Å². The number of halogens is 3. The van der Waals surface area contributed by atoms with Crippen LogP contribution < -0.4 is 14.8 Å². The molecule has 5 nitrogen and oxygen atoms in total. The number of carbonyl (C=O) groups is 2. The van der Waals surface area contributed by atoms with Gasteiger partial charge in [-0.05, 0) is 37.3 Å². The number of ether oxygens (including phenoxy) is 2. The molecule has 2 rings (SSSR count). The summed E-state index contributed by atoms with van der Waals surface area (Å²) >= 11 is 0. The van der Waals surface area contributed by atoms with Gasteiger partial charge in [-0.15, -0.1) is 0 Å². The third-order valence-corrected chi connectivity index (χ3v) is 3.29. The van der Waals surface area contributed by atoms with E-state index in [9.17, 15) is 22.8 Å². The Morgan fingerprint density at radius 2 is 1.84 bits per heavy atom. The number of carbonyl (C=O) groups excluding carboxylic acids is 2. The molecule has 0 unspecified atom stereocenters. The fourth-order valence-corrected chi connectivity index (χ4v) is 1.96. The van der Waals surface area contributed by atoms with Gasteiger partial charge in [0.1, 0.15) is 6.29 Å². The van der Waals surface area contributed by atoms with Gasteiger partial charge in [0.15, 0.2) is 35.1 Å². The molecule has 0 aliphatic heterocycles. The Kier molecular flexibility index (Phi) is 5.63. The van der Waals surface area contributed by atoms with Crippen molar-refractivity contribution in [3.8, 4) is 11.5 Å². The minimum Gasteiger partial charge on any atom is -0.493 e. The normalized spacial score (nSPS) is 11.6. The Labute approximate surface area is 141 Å². The summed E-state index contributed by atoms with van der Waals surface area (Å²) in [6.45, 7) is 1.36. The minimum absolute atomic E-state index is 0.125. The van der Waals surface area contributed by atoms with E-state index in [2.05, 4.69) is 5.32 Å². The zero-order valence-electron chi connectivity index (χ0n) is 13.3. The van der Waals surface area contributed by atoms with Crippen LogP contribution in [0.25, 0.3) is 0 Å². The van der Waals surface area contributed by atoms with E-state index in [1.165, 1.54) is 32.2 Å². The van der Waals surface area contributed by atoms with Gasteiger partial charge < -0.3 is 14.8 Å². The lowest BCUT2D eigenvalue weighted by molar-refractivity contribution is -0.122. The number of anilines is 1. The number of amides is 1. The lowest BCUT2D eigenvalue weighted by Gasteiger charge is -2.17. The van der Waals surface area contributed by atoms with E-state index in [-0.39, 0.29) is 11.5 Å². The smallest absolute Gasteiger partial charge is 0.265 e. The molecule has 8 heteroatoms. The Bertz CT molecular complexity index is 811. The zero-order chi connectivity index (χ0) is 18.6. The molecule has 0 saturated heterocycles. The van der Waals surface area contributed by atoms with Gasteiger partial charge >= 0.3 is 0 Å². The molecule has 0 fully saturated rings. The Morgan fingerprint density at radius 3 is 2.48 bits per heavy atom. The monoisotopic (exact) mass is 353 g/mol. The largest absolute Gasteiger partial charge is 0.493 e. The van der Waals surface area contributed by atoms with Gasteiger partial charge in [0.2, 0.25) is 0 Å². The van der Waals surface area contributed by atoms with Gasteiger partial charge in [-0.25, -0.2) is 13.2 Å². The van der Waals surface area contributed by atoms with Gasteiger partial charge in [-0.3, -0.25) is 9.59 Å². The average molecular weight is 353 g/mol. The molecule has 2 aromatic carbocycles. The van der Waals surface area contributed by atoms with Crippen molar-refractivity contribution >= 4 is 17.9 Å². The number of benzene rings is 2. The Morgan fingerprint density at radius 1 is 1.12 bits per heavy atom. The third-order valence-electron chi connectivity index (χ3n) is 3.29. The molecule has 0 heterocycles. The predicted octanol–water partition coefficient (Wildman–Crippen LogP) is 3.33. The van der Waals surface area contributed by atoms with Gasteiger partial charge in [-0.2, -0.15) is 0 Å². The van der Waals surface area contributed by atoms with E-state index in [0.29, 0.717) is 17.9 Å². The standard InChI is InChI=1S/C17H14F3NO4/c1-9(25-14-7-10(8-22)3-6-13(14)24-2)17(23)21-12-5-4-11(18)15(19)16(12)20/h3-9H,1-2H3,(H,21,23)/t9-/m0/s1. The molecule has 0 saturated carbocycles. The third kappa shape index (κ3) is 4.09. The molecule has 0 radical (unpaired) electrons. The first kappa shape index (κ1) is 18.3. The number of hydrogen-bond acceptors (Lipinski definition) is 4. The minimum atomic E-state index is -1.69. The summed E-state index contributed by atoms with van der Waals surface area (Å²) in [5, 5.41) is 2.11. The molecule has 0 aliphatic carbocycles. The highest BCUT2D eigenvalue weighted by Crippen LogP contribution is 2.29. The summed E-state index contributed by atoms with van der Waals surface area (Å²) in [6, 6.07) is 5.94. The second-order valence-electron chi connectivity index (χ2n) is 5.00. The van der Waals surface area contributed by atoms with Crippen LogP contribution >= 0.6 is 0 Å². The first-order chi connectivity index (χ1) is 11.9.